The minimum absolute atomic E-state index is 0.0592. The van der Waals surface area contributed by atoms with Crippen molar-refractivity contribution in [2.24, 2.45) is 5.73 Å². The van der Waals surface area contributed by atoms with Crippen LogP contribution in [0, 0.1) is 6.92 Å². The molecule has 0 unspecified atom stereocenters. The summed E-state index contributed by atoms with van der Waals surface area (Å²) in [6, 6.07) is 1.04. The summed E-state index contributed by atoms with van der Waals surface area (Å²) in [4.78, 5) is 45.7. The standard InChI is InChI=1S/C14H17N3O6/c1-6-7(14(22)23)2-3-8(12(6)16)13(21)9(4-11(19)20)17-10(18)5-15/h2-3,9H,4-5,15-16H2,1H3,(H,17,18)(H,19,20)(H,22,23)/t9-/m0/s1. The summed E-state index contributed by atoms with van der Waals surface area (Å²) in [6.07, 6.45) is -0.649. The van der Waals surface area contributed by atoms with Gasteiger partial charge in [-0.25, -0.2) is 4.79 Å². The number of carbonyl (C=O) groups is 4. The van der Waals surface area contributed by atoms with Gasteiger partial charge < -0.3 is 27.0 Å². The van der Waals surface area contributed by atoms with Gasteiger partial charge in [0.2, 0.25) is 5.91 Å². The zero-order valence-corrected chi connectivity index (χ0v) is 12.3. The Hall–Kier alpha value is -2.94. The number of hydrogen-bond donors (Lipinski definition) is 5. The van der Waals surface area contributed by atoms with Crippen LogP contribution < -0.4 is 16.8 Å². The number of Topliss-reactive ketones (excluding diaryl/α,β-unsaturated/α-hetero) is 1. The molecule has 1 amide bonds. The first-order valence-electron chi connectivity index (χ1n) is 6.56. The third kappa shape index (κ3) is 4.27. The number of nitrogens with two attached hydrogens (primary N) is 2. The van der Waals surface area contributed by atoms with Gasteiger partial charge in [0, 0.05) is 11.3 Å². The third-order valence-electron chi connectivity index (χ3n) is 3.23. The Labute approximate surface area is 131 Å². The van der Waals surface area contributed by atoms with Crippen LogP contribution >= 0.6 is 0 Å². The Kier molecular flexibility index (Phi) is 5.80. The van der Waals surface area contributed by atoms with Crippen LogP contribution in [0.15, 0.2) is 12.1 Å². The highest BCUT2D eigenvalue weighted by atomic mass is 16.4. The SMILES string of the molecule is Cc1c(C(=O)O)ccc(C(=O)[C@H](CC(=O)O)NC(=O)CN)c1N. The number of carbonyl (C=O) groups excluding carboxylic acids is 2. The first-order chi connectivity index (χ1) is 10.7. The minimum atomic E-state index is -1.35. The average molecular weight is 323 g/mol. The van der Waals surface area contributed by atoms with Crippen LogP contribution in [-0.4, -0.2) is 46.4 Å². The zero-order valence-electron chi connectivity index (χ0n) is 12.3. The van der Waals surface area contributed by atoms with Crippen molar-refractivity contribution in [3.8, 4) is 0 Å². The van der Waals surface area contributed by atoms with Crippen molar-refractivity contribution in [1.29, 1.82) is 0 Å². The highest BCUT2D eigenvalue weighted by Gasteiger charge is 2.27. The summed E-state index contributed by atoms with van der Waals surface area (Å²) in [7, 11) is 0. The van der Waals surface area contributed by atoms with Gasteiger partial charge in [-0.05, 0) is 24.6 Å². The molecular weight excluding hydrogens is 306 g/mol. The van der Waals surface area contributed by atoms with E-state index in [1.54, 1.807) is 0 Å². The molecule has 1 aromatic carbocycles. The van der Waals surface area contributed by atoms with Gasteiger partial charge in [0.25, 0.3) is 0 Å². The molecular formula is C14H17N3O6. The van der Waals surface area contributed by atoms with Gasteiger partial charge in [-0.2, -0.15) is 0 Å². The summed E-state index contributed by atoms with van der Waals surface area (Å²) >= 11 is 0. The number of ketones is 1. The minimum Gasteiger partial charge on any atom is -0.481 e. The molecule has 9 heteroatoms. The van der Waals surface area contributed by atoms with E-state index in [-0.39, 0.29) is 22.4 Å². The molecule has 0 spiro atoms. The number of aliphatic carboxylic acids is 1. The van der Waals surface area contributed by atoms with E-state index < -0.39 is 42.6 Å². The third-order valence-corrected chi connectivity index (χ3v) is 3.23. The Morgan fingerprint density at radius 3 is 2.22 bits per heavy atom. The van der Waals surface area contributed by atoms with Crippen LogP contribution in [0.5, 0.6) is 0 Å². The van der Waals surface area contributed by atoms with E-state index in [2.05, 4.69) is 5.32 Å². The first kappa shape index (κ1) is 18.1. The number of rotatable bonds is 7. The highest BCUT2D eigenvalue weighted by molar-refractivity contribution is 6.08. The van der Waals surface area contributed by atoms with Crippen LogP contribution in [0.25, 0.3) is 0 Å². The number of nitrogen functional groups attached to an aromatic ring is 1. The molecule has 0 saturated carbocycles. The Morgan fingerprint density at radius 2 is 1.74 bits per heavy atom. The first-order valence-corrected chi connectivity index (χ1v) is 6.56. The molecule has 1 atom stereocenters. The van der Waals surface area contributed by atoms with Crippen molar-refractivity contribution in [2.45, 2.75) is 19.4 Å². The van der Waals surface area contributed by atoms with Gasteiger partial charge in [0.1, 0.15) is 6.04 Å². The molecule has 1 rings (SSSR count). The molecule has 0 bridgehead atoms. The van der Waals surface area contributed by atoms with E-state index in [9.17, 15) is 19.2 Å². The predicted octanol–water partition coefficient (Wildman–Crippen LogP) is -0.624. The van der Waals surface area contributed by atoms with Crippen molar-refractivity contribution in [3.05, 3.63) is 28.8 Å². The van der Waals surface area contributed by atoms with Crippen LogP contribution in [0.1, 0.15) is 32.7 Å². The second-order valence-corrected chi connectivity index (χ2v) is 4.79. The molecule has 0 radical (unpaired) electrons. The van der Waals surface area contributed by atoms with Gasteiger partial charge in [-0.1, -0.05) is 0 Å². The molecule has 0 heterocycles. The Morgan fingerprint density at radius 1 is 1.17 bits per heavy atom. The predicted molar refractivity (Wildman–Crippen MR) is 80.1 cm³/mol. The van der Waals surface area contributed by atoms with Gasteiger partial charge in [0.15, 0.2) is 5.78 Å². The molecule has 1 aromatic rings. The quantitative estimate of drug-likeness (QED) is 0.326. The second kappa shape index (κ2) is 7.36. The van der Waals surface area contributed by atoms with Crippen molar-refractivity contribution in [1.82, 2.24) is 5.32 Å². The van der Waals surface area contributed by atoms with E-state index in [4.69, 9.17) is 21.7 Å². The van der Waals surface area contributed by atoms with Crippen LogP contribution in [0.2, 0.25) is 0 Å². The summed E-state index contributed by atoms with van der Waals surface area (Å²) < 4.78 is 0. The lowest BCUT2D eigenvalue weighted by molar-refractivity contribution is -0.137. The molecule has 0 aromatic heterocycles. The number of amides is 1. The number of hydrogen-bond acceptors (Lipinski definition) is 6. The topological polar surface area (TPSA) is 173 Å². The van der Waals surface area contributed by atoms with Gasteiger partial charge in [-0.15, -0.1) is 0 Å². The van der Waals surface area contributed by atoms with Crippen molar-refractivity contribution in [2.75, 3.05) is 12.3 Å². The molecule has 0 fully saturated rings. The summed E-state index contributed by atoms with van der Waals surface area (Å²) in [6.45, 7) is 1.02. The molecule has 7 N–H and O–H groups in total. The molecule has 124 valence electrons. The second-order valence-electron chi connectivity index (χ2n) is 4.79. The summed E-state index contributed by atoms with van der Waals surface area (Å²) in [5.74, 6) is -3.92. The lowest BCUT2D eigenvalue weighted by Crippen LogP contribution is -2.45. The fourth-order valence-electron chi connectivity index (χ4n) is 2.00. The Bertz CT molecular complexity index is 671. The van der Waals surface area contributed by atoms with Gasteiger partial charge in [0.05, 0.1) is 18.5 Å². The van der Waals surface area contributed by atoms with E-state index in [1.807, 2.05) is 0 Å². The molecule has 0 aliphatic rings. The average Bonchev–Trinajstić information content (AvgIpc) is 2.47. The molecule has 23 heavy (non-hydrogen) atoms. The lowest BCUT2D eigenvalue weighted by atomic mass is 9.95. The van der Waals surface area contributed by atoms with E-state index in [0.29, 0.717) is 0 Å². The van der Waals surface area contributed by atoms with Crippen LogP contribution in [-0.2, 0) is 9.59 Å². The maximum Gasteiger partial charge on any atom is 0.336 e. The number of nitrogens with one attached hydrogen (secondary N) is 1. The number of aromatic carboxylic acids is 1. The van der Waals surface area contributed by atoms with Gasteiger partial charge in [-0.3, -0.25) is 14.4 Å². The zero-order chi connectivity index (χ0) is 17.7. The molecule has 0 aliphatic carbocycles. The van der Waals surface area contributed by atoms with Crippen molar-refractivity contribution < 1.29 is 29.4 Å². The van der Waals surface area contributed by atoms with Crippen molar-refractivity contribution >= 4 is 29.3 Å². The fourth-order valence-corrected chi connectivity index (χ4v) is 2.00. The van der Waals surface area contributed by atoms with Crippen molar-refractivity contribution in [3.63, 3.8) is 0 Å². The normalized spacial score (nSPS) is 11.6. The lowest BCUT2D eigenvalue weighted by Gasteiger charge is -2.17. The number of carboxylic acid groups (broad SMARTS) is 2. The summed E-state index contributed by atoms with van der Waals surface area (Å²) in [5.41, 5.74) is 10.9. The molecule has 9 nitrogen and oxygen atoms in total. The molecule has 0 saturated heterocycles. The highest BCUT2D eigenvalue weighted by Crippen LogP contribution is 2.23. The maximum atomic E-state index is 12.4. The maximum absolute atomic E-state index is 12.4. The monoisotopic (exact) mass is 323 g/mol. The molecule has 0 aliphatic heterocycles. The fraction of sp³-hybridized carbons (Fsp3) is 0.286. The number of anilines is 1. The Balaban J connectivity index is 3.22. The summed E-state index contributed by atoms with van der Waals surface area (Å²) in [5, 5.41) is 20.1. The van der Waals surface area contributed by atoms with E-state index >= 15 is 0 Å². The number of carboxylic acids is 2. The largest absolute Gasteiger partial charge is 0.481 e. The number of benzene rings is 1. The van der Waals surface area contributed by atoms with Crippen LogP contribution in [0.4, 0.5) is 5.69 Å². The van der Waals surface area contributed by atoms with E-state index in [0.717, 1.165) is 0 Å². The van der Waals surface area contributed by atoms with Gasteiger partial charge >= 0.3 is 11.9 Å². The van der Waals surface area contributed by atoms with E-state index in [1.165, 1.54) is 19.1 Å². The van der Waals surface area contributed by atoms with Crippen LogP contribution in [0.3, 0.4) is 0 Å². The smallest absolute Gasteiger partial charge is 0.336 e.